The molecule has 12 nitrogen and oxygen atoms in total. The van der Waals surface area contributed by atoms with E-state index in [1.54, 1.807) is 51.3 Å². The van der Waals surface area contributed by atoms with E-state index in [2.05, 4.69) is 13.0 Å². The van der Waals surface area contributed by atoms with Crippen molar-refractivity contribution in [3.05, 3.63) is 84.1 Å². The number of rotatable bonds is 11. The Bertz CT molecular complexity index is 1380. The standard InChI is InChI=1S/C44H70O12/c1-10-15-35(48)41(53-8)43-44(6,56-43)38(49)20-14-19-37-42(54-9)40(51)31(5)27-30(4)23-25-34(47)36(52-7)18-13-16-28(2)26-29(3)22-24-33(46)32(45)17-11-12-21-39(50)55-37/h11-12,14,17,19,21-28,31-38,40-43,45-49,51H,10,13,15-16,18,20H2,1-9H3/b17-11+,19-14+,21-12+,24-22+,25-23+,29-26+,30-27+/t28?,31-,32-,33-,34-,35+,36-,37+,38+,40+,41-,42+,43-,44-/m1/s1. The molecule has 0 bridgehead atoms. The second kappa shape index (κ2) is 24.9. The van der Waals surface area contributed by atoms with Crippen LogP contribution in [0, 0.1) is 11.8 Å². The fourth-order valence-electron chi connectivity index (χ4n) is 6.97. The molecule has 2 heterocycles. The van der Waals surface area contributed by atoms with Crippen LogP contribution in [-0.4, -0.2) is 131 Å². The average molecular weight is 791 g/mol. The van der Waals surface area contributed by atoms with E-state index in [0.29, 0.717) is 12.8 Å². The molecule has 0 aliphatic carbocycles. The number of esters is 1. The molecular formula is C44H70O12. The molecule has 2 rings (SSSR count). The van der Waals surface area contributed by atoms with Crippen LogP contribution in [0.5, 0.6) is 0 Å². The summed E-state index contributed by atoms with van der Waals surface area (Å²) in [6.45, 7) is 11.4. The highest BCUT2D eigenvalue weighted by molar-refractivity contribution is 5.82. The molecule has 1 fully saturated rings. The normalized spacial score (nSPS) is 39.2. The molecule has 318 valence electrons. The number of ether oxygens (including phenoxy) is 5. The molecule has 6 N–H and O–H groups in total. The van der Waals surface area contributed by atoms with Gasteiger partial charge in [-0.2, -0.15) is 0 Å². The number of aliphatic hydroxyl groups excluding tert-OH is 6. The summed E-state index contributed by atoms with van der Waals surface area (Å²) in [5.74, 6) is -1.02. The van der Waals surface area contributed by atoms with Crippen molar-refractivity contribution in [1.82, 2.24) is 0 Å². The van der Waals surface area contributed by atoms with Gasteiger partial charge in [-0.15, -0.1) is 0 Å². The molecule has 0 radical (unpaired) electrons. The molecule has 1 saturated heterocycles. The third-order valence-electron chi connectivity index (χ3n) is 10.5. The number of carbonyl (C=O) groups is 1. The van der Waals surface area contributed by atoms with Crippen molar-refractivity contribution in [3.8, 4) is 0 Å². The number of methoxy groups -OCH3 is 3. The number of hydrogen-bond acceptors (Lipinski definition) is 12. The lowest BCUT2D eigenvalue weighted by Gasteiger charge is -2.30. The monoisotopic (exact) mass is 790 g/mol. The molecule has 0 amide bonds. The van der Waals surface area contributed by atoms with Crippen molar-refractivity contribution in [3.63, 3.8) is 0 Å². The Morgan fingerprint density at radius 3 is 2.16 bits per heavy atom. The van der Waals surface area contributed by atoms with Gasteiger partial charge < -0.3 is 54.3 Å². The number of aliphatic hydroxyl groups is 6. The molecule has 2 aliphatic heterocycles. The summed E-state index contributed by atoms with van der Waals surface area (Å²) in [5, 5.41) is 65.0. The molecule has 0 aromatic rings. The van der Waals surface area contributed by atoms with Crippen LogP contribution in [0.25, 0.3) is 0 Å². The Morgan fingerprint density at radius 2 is 1.54 bits per heavy atom. The van der Waals surface area contributed by atoms with Gasteiger partial charge in [-0.05, 0) is 58.4 Å². The fraction of sp³-hybridized carbons (Fsp3) is 0.659. The van der Waals surface area contributed by atoms with E-state index in [1.807, 2.05) is 26.8 Å². The Balaban J connectivity index is 2.39. The zero-order valence-electron chi connectivity index (χ0n) is 34.8. The fourth-order valence-corrected chi connectivity index (χ4v) is 6.97. The predicted molar refractivity (Wildman–Crippen MR) is 217 cm³/mol. The Labute approximate surface area is 334 Å². The van der Waals surface area contributed by atoms with Crippen LogP contribution in [0.15, 0.2) is 84.1 Å². The number of hydrogen-bond donors (Lipinski definition) is 6. The van der Waals surface area contributed by atoms with Crippen molar-refractivity contribution in [2.45, 2.75) is 153 Å². The highest BCUT2D eigenvalue weighted by Gasteiger charge is 2.61. The highest BCUT2D eigenvalue weighted by Crippen LogP contribution is 2.44. The molecule has 12 heteroatoms. The van der Waals surface area contributed by atoms with Gasteiger partial charge in [-0.1, -0.05) is 106 Å². The minimum Gasteiger partial charge on any atom is -0.452 e. The van der Waals surface area contributed by atoms with Crippen molar-refractivity contribution in [2.75, 3.05) is 21.3 Å². The van der Waals surface area contributed by atoms with Gasteiger partial charge in [0.15, 0.2) is 0 Å². The van der Waals surface area contributed by atoms with E-state index < -0.39 is 84.6 Å². The second-order valence-electron chi connectivity index (χ2n) is 15.3. The van der Waals surface area contributed by atoms with Gasteiger partial charge in [-0.3, -0.25) is 0 Å². The summed E-state index contributed by atoms with van der Waals surface area (Å²) in [6.07, 6.45) is 12.9. The Kier molecular flexibility index (Phi) is 22.0. The third kappa shape index (κ3) is 15.9. The zero-order chi connectivity index (χ0) is 42.0. The second-order valence-corrected chi connectivity index (χ2v) is 15.3. The van der Waals surface area contributed by atoms with Crippen molar-refractivity contribution in [2.24, 2.45) is 11.8 Å². The topological polar surface area (TPSA) is 188 Å². The minimum absolute atomic E-state index is 0.0968. The van der Waals surface area contributed by atoms with Crippen LogP contribution < -0.4 is 0 Å². The van der Waals surface area contributed by atoms with Crippen molar-refractivity contribution in [1.29, 1.82) is 0 Å². The highest BCUT2D eigenvalue weighted by atomic mass is 16.6. The summed E-state index contributed by atoms with van der Waals surface area (Å²) in [7, 11) is 4.47. The number of carbonyl (C=O) groups excluding carboxylic acids is 1. The number of allylic oxidation sites excluding steroid dienone is 7. The lowest BCUT2D eigenvalue weighted by atomic mass is 9.91. The van der Waals surface area contributed by atoms with E-state index in [9.17, 15) is 35.4 Å². The first-order valence-corrected chi connectivity index (χ1v) is 19.8. The van der Waals surface area contributed by atoms with Gasteiger partial charge in [0.2, 0.25) is 0 Å². The van der Waals surface area contributed by atoms with E-state index in [0.717, 1.165) is 36.5 Å². The zero-order valence-corrected chi connectivity index (χ0v) is 34.8. The lowest BCUT2D eigenvalue weighted by molar-refractivity contribution is -0.152. The largest absolute Gasteiger partial charge is 0.452 e. The van der Waals surface area contributed by atoms with E-state index in [4.69, 9.17) is 23.7 Å². The van der Waals surface area contributed by atoms with Crippen LogP contribution >= 0.6 is 0 Å². The van der Waals surface area contributed by atoms with Gasteiger partial charge >= 0.3 is 5.97 Å². The van der Waals surface area contributed by atoms with Gasteiger partial charge in [-0.25, -0.2) is 4.79 Å². The van der Waals surface area contributed by atoms with E-state index in [-0.39, 0.29) is 12.3 Å². The molecule has 0 spiro atoms. The summed E-state index contributed by atoms with van der Waals surface area (Å²) in [6, 6.07) is 0. The van der Waals surface area contributed by atoms with Crippen molar-refractivity contribution >= 4 is 5.97 Å². The van der Waals surface area contributed by atoms with Gasteiger partial charge in [0.05, 0.1) is 30.5 Å². The molecule has 2 aliphatic rings. The first-order valence-electron chi connectivity index (χ1n) is 19.8. The number of epoxide rings is 1. The van der Waals surface area contributed by atoms with E-state index in [1.165, 1.54) is 38.5 Å². The van der Waals surface area contributed by atoms with Crippen LogP contribution in [-0.2, 0) is 28.5 Å². The first kappa shape index (κ1) is 49.4. The third-order valence-corrected chi connectivity index (χ3v) is 10.5. The summed E-state index contributed by atoms with van der Waals surface area (Å²) in [5.41, 5.74) is 0.738. The summed E-state index contributed by atoms with van der Waals surface area (Å²) >= 11 is 0. The Morgan fingerprint density at radius 1 is 0.893 bits per heavy atom. The predicted octanol–water partition coefficient (Wildman–Crippen LogP) is 4.59. The van der Waals surface area contributed by atoms with E-state index >= 15 is 0 Å². The summed E-state index contributed by atoms with van der Waals surface area (Å²) < 4.78 is 28.5. The van der Waals surface area contributed by atoms with Crippen LogP contribution in [0.2, 0.25) is 0 Å². The molecule has 56 heavy (non-hydrogen) atoms. The van der Waals surface area contributed by atoms with Crippen LogP contribution in [0.3, 0.4) is 0 Å². The minimum atomic E-state index is -1.23. The summed E-state index contributed by atoms with van der Waals surface area (Å²) in [4.78, 5) is 13.1. The van der Waals surface area contributed by atoms with Crippen LogP contribution in [0.1, 0.15) is 80.1 Å². The van der Waals surface area contributed by atoms with Gasteiger partial charge in [0, 0.05) is 33.3 Å². The maximum atomic E-state index is 13.1. The SMILES string of the molecule is CCC[C@H](O)[C@@H](OC)[C@H]1O[C@]1(C)[C@@H](O)C/C=C/[C@@H]1OC(=O)/C=C/C=C/[C@@H](O)[C@H](O)/C=C/C(C)=C/C(C)CCC[C@@H](OC)[C@H](O)/C=C/C(C)=C/[C@@H](C)[C@H](O)[C@H]1OC. The molecule has 0 aromatic carbocycles. The average Bonchev–Trinajstić information content (AvgIpc) is 3.84. The van der Waals surface area contributed by atoms with Gasteiger partial charge in [0.25, 0.3) is 0 Å². The quantitative estimate of drug-likeness (QED) is 0.0973. The lowest BCUT2D eigenvalue weighted by Crippen LogP contribution is -2.43. The molecule has 0 saturated carbocycles. The maximum absolute atomic E-state index is 13.1. The molecule has 1 unspecified atom stereocenters. The Hall–Kier alpha value is -2.75. The number of cyclic esters (lactones) is 1. The maximum Gasteiger partial charge on any atom is 0.331 e. The first-order chi connectivity index (χ1) is 26.5. The molecular weight excluding hydrogens is 720 g/mol. The van der Waals surface area contributed by atoms with Crippen molar-refractivity contribution < 1.29 is 59.1 Å². The van der Waals surface area contributed by atoms with Gasteiger partial charge in [0.1, 0.15) is 42.2 Å². The molecule has 14 atom stereocenters. The van der Waals surface area contributed by atoms with Crippen LogP contribution in [0.4, 0.5) is 0 Å². The molecule has 0 aromatic heterocycles. The smallest absolute Gasteiger partial charge is 0.331 e.